The Hall–Kier alpha value is -0.510. The van der Waals surface area contributed by atoms with Crippen molar-refractivity contribution in [3.05, 3.63) is 34.4 Å². The van der Waals surface area contributed by atoms with Gasteiger partial charge in [-0.2, -0.15) is 11.8 Å². The fraction of sp³-hybridized carbons (Fsp3) is 0.571. The Morgan fingerprint density at radius 1 is 1.41 bits per heavy atom. The molecule has 1 atom stereocenters. The molecule has 1 heterocycles. The number of ether oxygens (including phenoxy) is 1. The molecule has 1 aliphatic rings. The van der Waals surface area contributed by atoms with Crippen molar-refractivity contribution in [2.75, 3.05) is 25.6 Å². The molecule has 3 heteroatoms. The van der Waals surface area contributed by atoms with Crippen LogP contribution < -0.4 is 0 Å². The smallest absolute Gasteiger partial charge is 0.0698 e. The van der Waals surface area contributed by atoms with Crippen molar-refractivity contribution in [1.82, 2.24) is 0 Å². The number of benzene rings is 1. The minimum atomic E-state index is 0.108. The van der Waals surface area contributed by atoms with Gasteiger partial charge in [0.15, 0.2) is 0 Å². The summed E-state index contributed by atoms with van der Waals surface area (Å²) in [6, 6.07) is 4.48. The molecule has 1 aliphatic heterocycles. The third-order valence-corrected chi connectivity index (χ3v) is 4.61. The van der Waals surface area contributed by atoms with Gasteiger partial charge in [-0.3, -0.25) is 0 Å². The van der Waals surface area contributed by atoms with Crippen LogP contribution in [-0.2, 0) is 11.2 Å². The molecule has 1 N–H and O–H groups in total. The zero-order valence-corrected chi connectivity index (χ0v) is 11.3. The van der Waals surface area contributed by atoms with Crippen molar-refractivity contribution in [3.8, 4) is 0 Å². The van der Waals surface area contributed by atoms with E-state index in [2.05, 4.69) is 26.0 Å². The SMILES string of the molecule is Cc1ccc2c(c1C)C(COCCO)SCC2. The summed E-state index contributed by atoms with van der Waals surface area (Å²) in [7, 11) is 0. The molecule has 2 rings (SSSR count). The molecule has 0 fully saturated rings. The quantitative estimate of drug-likeness (QED) is 0.835. The first-order valence-electron chi connectivity index (χ1n) is 6.13. The van der Waals surface area contributed by atoms with Gasteiger partial charge in [-0.1, -0.05) is 12.1 Å². The molecule has 1 aromatic carbocycles. The highest BCUT2D eigenvalue weighted by atomic mass is 32.2. The average molecular weight is 252 g/mol. The summed E-state index contributed by atoms with van der Waals surface area (Å²) in [6.07, 6.45) is 1.16. The average Bonchev–Trinajstić information content (AvgIpc) is 2.34. The second-order valence-electron chi connectivity index (χ2n) is 4.49. The molecule has 1 aromatic rings. The van der Waals surface area contributed by atoms with Gasteiger partial charge in [0, 0.05) is 0 Å². The highest BCUT2D eigenvalue weighted by molar-refractivity contribution is 7.99. The minimum absolute atomic E-state index is 0.108. The summed E-state index contributed by atoms with van der Waals surface area (Å²) in [5, 5.41) is 9.19. The zero-order valence-electron chi connectivity index (χ0n) is 10.5. The van der Waals surface area contributed by atoms with Gasteiger partial charge in [0.05, 0.1) is 25.1 Å². The number of aryl methyl sites for hydroxylation is 2. The lowest BCUT2D eigenvalue weighted by atomic mass is 9.93. The minimum Gasteiger partial charge on any atom is -0.394 e. The lowest BCUT2D eigenvalue weighted by Gasteiger charge is -2.27. The molecular weight excluding hydrogens is 232 g/mol. The second-order valence-corrected chi connectivity index (χ2v) is 5.80. The molecule has 0 saturated heterocycles. The fourth-order valence-corrected chi connectivity index (χ4v) is 3.65. The van der Waals surface area contributed by atoms with E-state index < -0.39 is 0 Å². The van der Waals surface area contributed by atoms with Gasteiger partial charge >= 0.3 is 0 Å². The van der Waals surface area contributed by atoms with E-state index in [9.17, 15) is 0 Å². The maximum atomic E-state index is 8.76. The van der Waals surface area contributed by atoms with Crippen LogP contribution in [-0.4, -0.2) is 30.7 Å². The van der Waals surface area contributed by atoms with E-state index in [1.165, 1.54) is 28.0 Å². The van der Waals surface area contributed by atoms with Crippen molar-refractivity contribution in [2.24, 2.45) is 0 Å². The molecule has 1 unspecified atom stereocenters. The van der Waals surface area contributed by atoms with Crippen molar-refractivity contribution < 1.29 is 9.84 Å². The van der Waals surface area contributed by atoms with E-state index in [4.69, 9.17) is 9.84 Å². The lowest BCUT2D eigenvalue weighted by Crippen LogP contribution is -2.16. The molecule has 0 bridgehead atoms. The monoisotopic (exact) mass is 252 g/mol. The van der Waals surface area contributed by atoms with Gasteiger partial charge in [-0.15, -0.1) is 0 Å². The fourth-order valence-electron chi connectivity index (χ4n) is 2.34. The van der Waals surface area contributed by atoms with Crippen molar-refractivity contribution in [2.45, 2.75) is 25.5 Å². The van der Waals surface area contributed by atoms with Crippen LogP contribution in [0.1, 0.15) is 27.5 Å². The third-order valence-electron chi connectivity index (χ3n) is 3.39. The largest absolute Gasteiger partial charge is 0.394 e. The van der Waals surface area contributed by atoms with Gasteiger partial charge in [0.2, 0.25) is 0 Å². The van der Waals surface area contributed by atoms with Crippen molar-refractivity contribution in [1.29, 1.82) is 0 Å². The molecule has 17 heavy (non-hydrogen) atoms. The van der Waals surface area contributed by atoms with Crippen LogP contribution in [0.2, 0.25) is 0 Å². The predicted molar refractivity (Wildman–Crippen MR) is 72.7 cm³/mol. The van der Waals surface area contributed by atoms with Crippen molar-refractivity contribution >= 4 is 11.8 Å². The molecule has 0 aromatic heterocycles. The zero-order chi connectivity index (χ0) is 12.3. The molecule has 94 valence electrons. The van der Waals surface area contributed by atoms with Gasteiger partial charge in [0.25, 0.3) is 0 Å². The summed E-state index contributed by atoms with van der Waals surface area (Å²) in [5.41, 5.74) is 5.72. The number of aliphatic hydroxyl groups is 1. The normalized spacial score (nSPS) is 19.1. The molecule has 0 amide bonds. The van der Waals surface area contributed by atoms with Crippen LogP contribution in [0.15, 0.2) is 12.1 Å². The number of rotatable bonds is 4. The number of thioether (sulfide) groups is 1. The van der Waals surface area contributed by atoms with Gasteiger partial charge < -0.3 is 9.84 Å². The predicted octanol–water partition coefficient (Wildman–Crippen LogP) is 2.64. The Morgan fingerprint density at radius 2 is 2.24 bits per heavy atom. The standard InChI is InChI=1S/C14H20O2S/c1-10-3-4-12-5-8-17-13(9-16-7-6-15)14(12)11(10)2/h3-4,13,15H,5-9H2,1-2H3. The first kappa shape index (κ1) is 12.9. The van der Waals surface area contributed by atoms with Crippen LogP contribution >= 0.6 is 11.8 Å². The molecule has 0 radical (unpaired) electrons. The number of aliphatic hydroxyl groups excluding tert-OH is 1. The molecular formula is C14H20O2S. The van der Waals surface area contributed by atoms with Crippen LogP contribution in [0.5, 0.6) is 0 Å². The molecule has 0 saturated carbocycles. The summed E-state index contributed by atoms with van der Waals surface area (Å²) in [5.74, 6) is 1.17. The lowest BCUT2D eigenvalue weighted by molar-refractivity contribution is 0.0929. The topological polar surface area (TPSA) is 29.5 Å². The van der Waals surface area contributed by atoms with Crippen LogP contribution in [0.4, 0.5) is 0 Å². The highest BCUT2D eigenvalue weighted by Crippen LogP contribution is 2.39. The van der Waals surface area contributed by atoms with Crippen LogP contribution in [0, 0.1) is 13.8 Å². The summed E-state index contributed by atoms with van der Waals surface area (Å²) >= 11 is 1.97. The van der Waals surface area contributed by atoms with E-state index >= 15 is 0 Å². The Bertz CT molecular complexity index is 390. The Balaban J connectivity index is 2.20. The van der Waals surface area contributed by atoms with E-state index in [-0.39, 0.29) is 6.61 Å². The van der Waals surface area contributed by atoms with Gasteiger partial charge in [0.1, 0.15) is 0 Å². The van der Waals surface area contributed by atoms with Crippen molar-refractivity contribution in [3.63, 3.8) is 0 Å². The van der Waals surface area contributed by atoms with E-state index in [1.54, 1.807) is 0 Å². The number of hydrogen-bond acceptors (Lipinski definition) is 3. The summed E-state index contributed by atoms with van der Waals surface area (Å²) in [4.78, 5) is 0. The summed E-state index contributed by atoms with van der Waals surface area (Å²) in [6.45, 7) is 5.64. The Labute approximate surface area is 107 Å². The number of hydrogen-bond donors (Lipinski definition) is 1. The number of fused-ring (bicyclic) bond motifs is 1. The van der Waals surface area contributed by atoms with Gasteiger partial charge in [-0.05, 0) is 48.3 Å². The maximum Gasteiger partial charge on any atom is 0.0698 e. The first-order valence-corrected chi connectivity index (χ1v) is 7.18. The highest BCUT2D eigenvalue weighted by Gasteiger charge is 2.23. The summed E-state index contributed by atoms with van der Waals surface area (Å²) < 4.78 is 5.50. The third kappa shape index (κ3) is 2.84. The molecule has 0 aliphatic carbocycles. The molecule has 2 nitrogen and oxygen atoms in total. The van der Waals surface area contributed by atoms with Crippen LogP contribution in [0.25, 0.3) is 0 Å². The second kappa shape index (κ2) is 5.89. The van der Waals surface area contributed by atoms with Crippen LogP contribution in [0.3, 0.4) is 0 Å². The maximum absolute atomic E-state index is 8.76. The Morgan fingerprint density at radius 3 is 3.00 bits per heavy atom. The first-order chi connectivity index (χ1) is 8.24. The van der Waals surface area contributed by atoms with E-state index in [0.717, 1.165) is 6.42 Å². The molecule has 0 spiro atoms. The van der Waals surface area contributed by atoms with E-state index in [0.29, 0.717) is 18.5 Å². The van der Waals surface area contributed by atoms with E-state index in [1.807, 2.05) is 11.8 Å². The van der Waals surface area contributed by atoms with Gasteiger partial charge in [-0.25, -0.2) is 0 Å². The Kier molecular flexibility index (Phi) is 4.48.